The summed E-state index contributed by atoms with van der Waals surface area (Å²) in [6.45, 7) is 11.6. The number of hydrogen-bond acceptors (Lipinski definition) is 2. The van der Waals surface area contributed by atoms with E-state index in [4.69, 9.17) is 0 Å². The molecule has 0 amide bonds. The molecule has 1 unspecified atom stereocenters. The summed E-state index contributed by atoms with van der Waals surface area (Å²) in [5.41, 5.74) is 0.281. The van der Waals surface area contributed by atoms with Crippen LogP contribution in [0.3, 0.4) is 0 Å². The predicted molar refractivity (Wildman–Crippen MR) is 67.2 cm³/mol. The van der Waals surface area contributed by atoms with Crippen LogP contribution in [0.15, 0.2) is 0 Å². The Bertz CT molecular complexity index is 181. The maximum absolute atomic E-state index is 3.55. The number of likely N-dealkylation sites (N-methyl/N-ethyl adjacent to an activating group) is 2. The van der Waals surface area contributed by atoms with E-state index in [1.807, 2.05) is 0 Å². The molecule has 0 aromatic carbocycles. The minimum atomic E-state index is 0.281. The Kier molecular flexibility index (Phi) is 4.60. The van der Waals surface area contributed by atoms with E-state index >= 15 is 0 Å². The highest BCUT2D eigenvalue weighted by molar-refractivity contribution is 4.98. The molecule has 1 N–H and O–H groups in total. The molecule has 0 aliphatic heterocycles. The van der Waals surface area contributed by atoms with Crippen molar-refractivity contribution < 1.29 is 0 Å². The molecule has 1 fully saturated rings. The van der Waals surface area contributed by atoms with Crippen LogP contribution in [0.5, 0.6) is 0 Å². The van der Waals surface area contributed by atoms with Crippen LogP contribution in [-0.2, 0) is 0 Å². The fourth-order valence-corrected chi connectivity index (χ4v) is 3.17. The highest BCUT2D eigenvalue weighted by atomic mass is 15.2. The van der Waals surface area contributed by atoms with Crippen molar-refractivity contribution in [1.29, 1.82) is 0 Å². The van der Waals surface area contributed by atoms with Crippen molar-refractivity contribution in [2.45, 2.75) is 58.5 Å². The van der Waals surface area contributed by atoms with Gasteiger partial charge in [-0.25, -0.2) is 0 Å². The molecular formula is C13H28N2. The lowest BCUT2D eigenvalue weighted by molar-refractivity contribution is 0.0465. The number of nitrogens with zero attached hydrogens (tertiary/aromatic N) is 1. The Hall–Kier alpha value is -0.0800. The van der Waals surface area contributed by atoms with E-state index in [-0.39, 0.29) is 5.54 Å². The third-order valence-electron chi connectivity index (χ3n) is 4.27. The zero-order chi connectivity index (χ0) is 11.5. The molecule has 1 aliphatic carbocycles. The van der Waals surface area contributed by atoms with Crippen molar-refractivity contribution >= 4 is 0 Å². The van der Waals surface area contributed by atoms with E-state index in [2.05, 4.69) is 45.0 Å². The molecule has 0 saturated heterocycles. The van der Waals surface area contributed by atoms with Crippen molar-refractivity contribution in [2.75, 3.05) is 20.1 Å². The normalized spacial score (nSPS) is 20.4. The van der Waals surface area contributed by atoms with Crippen LogP contribution >= 0.6 is 0 Å². The van der Waals surface area contributed by atoms with Crippen LogP contribution in [0.4, 0.5) is 0 Å². The first-order valence-corrected chi connectivity index (χ1v) is 6.50. The third-order valence-corrected chi connectivity index (χ3v) is 4.27. The van der Waals surface area contributed by atoms with Gasteiger partial charge < -0.3 is 5.32 Å². The molecule has 0 aromatic rings. The van der Waals surface area contributed by atoms with Gasteiger partial charge in [-0.2, -0.15) is 0 Å². The molecule has 1 rings (SSSR count). The Morgan fingerprint density at radius 2 is 1.80 bits per heavy atom. The topological polar surface area (TPSA) is 15.3 Å². The summed E-state index contributed by atoms with van der Waals surface area (Å²) in [5.74, 6) is 0.894. The van der Waals surface area contributed by atoms with Crippen molar-refractivity contribution in [2.24, 2.45) is 5.92 Å². The van der Waals surface area contributed by atoms with Gasteiger partial charge in [0.05, 0.1) is 0 Å². The molecule has 2 heteroatoms. The van der Waals surface area contributed by atoms with Gasteiger partial charge in [0, 0.05) is 11.6 Å². The minimum absolute atomic E-state index is 0.281. The molecule has 0 radical (unpaired) electrons. The molecule has 90 valence electrons. The molecular weight excluding hydrogens is 184 g/mol. The maximum Gasteiger partial charge on any atom is 0.0308 e. The third kappa shape index (κ3) is 2.54. The smallest absolute Gasteiger partial charge is 0.0308 e. The lowest BCUT2D eigenvalue weighted by Gasteiger charge is -2.49. The average molecular weight is 212 g/mol. The maximum atomic E-state index is 3.55. The quantitative estimate of drug-likeness (QED) is 0.728. The van der Waals surface area contributed by atoms with Gasteiger partial charge in [0.15, 0.2) is 0 Å². The monoisotopic (exact) mass is 212 g/mol. The van der Waals surface area contributed by atoms with Crippen molar-refractivity contribution in [3.05, 3.63) is 0 Å². The van der Waals surface area contributed by atoms with E-state index < -0.39 is 0 Å². The average Bonchev–Trinajstić information content (AvgIpc) is 2.12. The van der Waals surface area contributed by atoms with Gasteiger partial charge in [0.25, 0.3) is 0 Å². The van der Waals surface area contributed by atoms with Crippen molar-refractivity contribution in [1.82, 2.24) is 10.2 Å². The van der Waals surface area contributed by atoms with Crippen LogP contribution in [-0.4, -0.2) is 36.6 Å². The molecule has 15 heavy (non-hydrogen) atoms. The Morgan fingerprint density at radius 3 is 2.07 bits per heavy atom. The zero-order valence-electron chi connectivity index (χ0n) is 11.1. The van der Waals surface area contributed by atoms with Gasteiger partial charge in [-0.15, -0.1) is 0 Å². The number of nitrogens with one attached hydrogen (secondary N) is 1. The van der Waals surface area contributed by atoms with E-state index in [1.165, 1.54) is 19.3 Å². The van der Waals surface area contributed by atoms with E-state index in [0.717, 1.165) is 19.0 Å². The van der Waals surface area contributed by atoms with Crippen LogP contribution < -0.4 is 5.32 Å². The molecule has 0 heterocycles. The molecule has 1 atom stereocenters. The van der Waals surface area contributed by atoms with E-state index in [0.29, 0.717) is 6.04 Å². The van der Waals surface area contributed by atoms with Gasteiger partial charge in [-0.1, -0.05) is 20.3 Å². The molecule has 0 aromatic heterocycles. The second kappa shape index (κ2) is 5.31. The molecule has 0 bridgehead atoms. The number of rotatable bonds is 6. The Morgan fingerprint density at radius 1 is 1.27 bits per heavy atom. The van der Waals surface area contributed by atoms with Gasteiger partial charge in [0.2, 0.25) is 0 Å². The largest absolute Gasteiger partial charge is 0.315 e. The lowest BCUT2D eigenvalue weighted by atomic mass is 9.72. The second-order valence-electron chi connectivity index (χ2n) is 5.28. The fourth-order valence-electron chi connectivity index (χ4n) is 3.17. The summed E-state index contributed by atoms with van der Waals surface area (Å²) >= 11 is 0. The number of hydrogen-bond donors (Lipinski definition) is 1. The fraction of sp³-hybridized carbons (Fsp3) is 1.00. The predicted octanol–water partition coefficient (Wildman–Crippen LogP) is 2.49. The minimum Gasteiger partial charge on any atom is -0.315 e. The van der Waals surface area contributed by atoms with E-state index in [1.54, 1.807) is 0 Å². The van der Waals surface area contributed by atoms with Crippen LogP contribution in [0.25, 0.3) is 0 Å². The van der Waals surface area contributed by atoms with Gasteiger partial charge >= 0.3 is 0 Å². The van der Waals surface area contributed by atoms with E-state index in [9.17, 15) is 0 Å². The van der Waals surface area contributed by atoms with Gasteiger partial charge in [-0.3, -0.25) is 4.90 Å². The summed E-state index contributed by atoms with van der Waals surface area (Å²) in [5, 5.41) is 3.55. The first-order valence-electron chi connectivity index (χ1n) is 6.50. The summed E-state index contributed by atoms with van der Waals surface area (Å²) < 4.78 is 0. The summed E-state index contributed by atoms with van der Waals surface area (Å²) in [4.78, 5) is 2.58. The second-order valence-corrected chi connectivity index (χ2v) is 5.28. The van der Waals surface area contributed by atoms with Gasteiger partial charge in [0.1, 0.15) is 0 Å². The summed E-state index contributed by atoms with van der Waals surface area (Å²) in [7, 11) is 2.12. The van der Waals surface area contributed by atoms with Crippen molar-refractivity contribution in [3.63, 3.8) is 0 Å². The Balaban J connectivity index is 2.69. The summed E-state index contributed by atoms with van der Waals surface area (Å²) in [6, 6.07) is 0.645. The van der Waals surface area contributed by atoms with Crippen molar-refractivity contribution in [3.8, 4) is 0 Å². The zero-order valence-corrected chi connectivity index (χ0v) is 11.1. The molecule has 1 aliphatic rings. The summed E-state index contributed by atoms with van der Waals surface area (Å²) in [6.07, 6.45) is 4.25. The highest BCUT2D eigenvalue weighted by Gasteiger charge is 2.39. The highest BCUT2D eigenvalue weighted by Crippen LogP contribution is 2.36. The van der Waals surface area contributed by atoms with Crippen LogP contribution in [0.1, 0.15) is 47.0 Å². The molecule has 0 spiro atoms. The first kappa shape index (κ1) is 13.0. The molecule has 1 saturated carbocycles. The lowest BCUT2D eigenvalue weighted by Crippen LogP contribution is -2.60. The SMILES string of the molecule is CCN(CC)C(C)(C)C(NC)C1CCC1. The standard InChI is InChI=1S/C13H28N2/c1-6-15(7-2)13(3,4)12(14-5)11-9-8-10-11/h11-12,14H,6-10H2,1-5H3. The van der Waals surface area contributed by atoms with Crippen LogP contribution in [0, 0.1) is 5.92 Å². The molecule has 2 nitrogen and oxygen atoms in total. The first-order chi connectivity index (χ1) is 7.07. The van der Waals surface area contributed by atoms with Gasteiger partial charge in [-0.05, 0) is 52.7 Å². The van der Waals surface area contributed by atoms with Crippen LogP contribution in [0.2, 0.25) is 0 Å². The Labute approximate surface area is 95.4 Å².